The van der Waals surface area contributed by atoms with Gasteiger partial charge in [0.25, 0.3) is 0 Å². The molecule has 7 aliphatic rings. The average molecular weight is 838 g/mol. The molecule has 8 aromatic rings. The van der Waals surface area contributed by atoms with Gasteiger partial charge in [-0.2, -0.15) is 0 Å². The molecule has 4 saturated carbocycles. The first-order chi connectivity index (χ1) is 31.7. The smallest absolute Gasteiger partial charge is 0.0726 e. The lowest BCUT2D eigenvalue weighted by atomic mass is 9.48. The van der Waals surface area contributed by atoms with Gasteiger partial charge in [0.05, 0.1) is 16.8 Å². The molecule has 4 fully saturated rings. The lowest BCUT2D eigenvalue weighted by Crippen LogP contribution is -2.48. The Balaban J connectivity index is 1.00. The van der Waals surface area contributed by atoms with Crippen LogP contribution in [0.15, 0.2) is 170 Å². The largest absolute Gasteiger partial charge is 0.310 e. The van der Waals surface area contributed by atoms with Crippen molar-refractivity contribution < 1.29 is 0 Å². The molecule has 4 bridgehead atoms. The van der Waals surface area contributed by atoms with Crippen LogP contribution in [0.1, 0.15) is 102 Å². The third-order valence-corrected chi connectivity index (χ3v) is 17.5. The normalized spacial score (nSPS) is 22.6. The molecule has 0 unspecified atom stereocenters. The number of benzene rings is 8. The Morgan fingerprint density at radius 3 is 1.55 bits per heavy atom. The van der Waals surface area contributed by atoms with Crippen LogP contribution in [0.25, 0.3) is 44.5 Å². The van der Waals surface area contributed by atoms with E-state index in [0.29, 0.717) is 5.41 Å². The van der Waals surface area contributed by atoms with E-state index in [2.05, 4.69) is 202 Å². The standard InChI is InChI=1S/C64H55N/c1-39-20-27-50-51-28-21-40(2)31-57(51)64(56(50)30-39)55-17-9-6-13-48(55)52-29-26-46(35-58(52)64)65(60-19-11-15-53-49-14-5-8-16-54(49)62(3,4)61(53)60)59-18-10-7-12-47(59)44-22-24-45(25-23-44)63-36-41-32-42(37-63)34-43(33-41)38-63/h5-31,35,41-43H,32-34,36-38H2,1-4H3. The molecule has 316 valence electrons. The Morgan fingerprint density at radius 1 is 0.415 bits per heavy atom. The van der Waals surface area contributed by atoms with E-state index in [0.717, 1.165) is 17.8 Å². The maximum Gasteiger partial charge on any atom is 0.0726 e. The molecule has 1 nitrogen and oxygen atoms in total. The van der Waals surface area contributed by atoms with Crippen LogP contribution in [-0.4, -0.2) is 0 Å². The second-order valence-corrected chi connectivity index (χ2v) is 21.6. The number of nitrogens with zero attached hydrogens (tertiary/aromatic N) is 1. The third kappa shape index (κ3) is 5.11. The van der Waals surface area contributed by atoms with Gasteiger partial charge < -0.3 is 4.90 Å². The Morgan fingerprint density at radius 2 is 0.908 bits per heavy atom. The summed E-state index contributed by atoms with van der Waals surface area (Å²) in [6.45, 7) is 9.37. The maximum atomic E-state index is 2.63. The number of para-hydroxylation sites is 1. The Kier molecular flexibility index (Phi) is 7.77. The van der Waals surface area contributed by atoms with E-state index in [4.69, 9.17) is 0 Å². The highest BCUT2D eigenvalue weighted by atomic mass is 15.1. The molecule has 15 rings (SSSR count). The van der Waals surface area contributed by atoms with Crippen molar-refractivity contribution in [2.45, 2.75) is 82.5 Å². The molecule has 0 heterocycles. The SMILES string of the molecule is Cc1ccc2c(c1)C1(c3ccccc3-c3ccc(N(c4ccccc4-c4ccc(C56CC7CC(CC(C7)C5)C6)cc4)c4cccc5c4C(C)(C)c4ccccc4-5)cc31)c1cc(C)ccc1-2. The fourth-order valence-electron chi connectivity index (χ4n) is 15.3. The van der Waals surface area contributed by atoms with Crippen LogP contribution in [0.5, 0.6) is 0 Å². The minimum atomic E-state index is -0.447. The highest BCUT2D eigenvalue weighted by molar-refractivity contribution is 5.99. The zero-order valence-electron chi connectivity index (χ0n) is 38.1. The van der Waals surface area contributed by atoms with E-state index in [1.165, 1.54) is 145 Å². The van der Waals surface area contributed by atoms with Gasteiger partial charge in [-0.1, -0.05) is 171 Å². The highest BCUT2D eigenvalue weighted by Crippen LogP contribution is 2.65. The van der Waals surface area contributed by atoms with Gasteiger partial charge in [-0.25, -0.2) is 0 Å². The van der Waals surface area contributed by atoms with Gasteiger partial charge >= 0.3 is 0 Å². The van der Waals surface area contributed by atoms with Crippen molar-refractivity contribution >= 4 is 17.1 Å². The van der Waals surface area contributed by atoms with Crippen molar-refractivity contribution in [3.63, 3.8) is 0 Å². The van der Waals surface area contributed by atoms with Gasteiger partial charge in [-0.15, -0.1) is 0 Å². The molecule has 7 aliphatic carbocycles. The number of anilines is 3. The Hall–Kier alpha value is -6.44. The van der Waals surface area contributed by atoms with E-state index in [9.17, 15) is 0 Å². The van der Waals surface area contributed by atoms with E-state index >= 15 is 0 Å². The van der Waals surface area contributed by atoms with Crippen LogP contribution in [0.3, 0.4) is 0 Å². The molecule has 0 saturated heterocycles. The molecular formula is C64H55N. The van der Waals surface area contributed by atoms with Gasteiger partial charge in [0.15, 0.2) is 0 Å². The van der Waals surface area contributed by atoms with E-state index in [1.54, 1.807) is 5.56 Å². The van der Waals surface area contributed by atoms with Gasteiger partial charge in [-0.3, -0.25) is 0 Å². The fraction of sp³-hybridized carbons (Fsp3) is 0.250. The summed E-state index contributed by atoms with van der Waals surface area (Å²) < 4.78 is 0. The summed E-state index contributed by atoms with van der Waals surface area (Å²) in [5, 5.41) is 0. The van der Waals surface area contributed by atoms with Crippen LogP contribution in [0.2, 0.25) is 0 Å². The van der Waals surface area contributed by atoms with Gasteiger partial charge in [0.2, 0.25) is 0 Å². The van der Waals surface area contributed by atoms with Crippen molar-refractivity contribution in [3.8, 4) is 44.5 Å². The van der Waals surface area contributed by atoms with Crippen LogP contribution in [-0.2, 0) is 16.2 Å². The Labute approximate surface area is 384 Å². The molecule has 0 aliphatic heterocycles. The molecule has 0 radical (unpaired) electrons. The summed E-state index contributed by atoms with van der Waals surface area (Å²) in [5.74, 6) is 2.78. The van der Waals surface area contributed by atoms with Gasteiger partial charge in [0, 0.05) is 16.7 Å². The zero-order valence-corrected chi connectivity index (χ0v) is 38.1. The van der Waals surface area contributed by atoms with Crippen molar-refractivity contribution in [3.05, 3.63) is 220 Å². The topological polar surface area (TPSA) is 3.24 Å². The van der Waals surface area contributed by atoms with Crippen molar-refractivity contribution in [2.24, 2.45) is 17.8 Å². The monoisotopic (exact) mass is 837 g/mol. The lowest BCUT2D eigenvalue weighted by molar-refractivity contribution is -0.00518. The first kappa shape index (κ1) is 37.9. The summed E-state index contributed by atoms with van der Waals surface area (Å²) in [6, 6.07) is 66.3. The molecule has 0 N–H and O–H groups in total. The third-order valence-electron chi connectivity index (χ3n) is 17.5. The van der Waals surface area contributed by atoms with Gasteiger partial charge in [-0.05, 0) is 178 Å². The summed E-state index contributed by atoms with van der Waals surface area (Å²) in [4.78, 5) is 2.63. The number of hydrogen-bond acceptors (Lipinski definition) is 1. The molecule has 1 spiro atoms. The first-order valence-corrected chi connectivity index (χ1v) is 24.4. The summed E-state index contributed by atoms with van der Waals surface area (Å²) in [6.07, 6.45) is 8.58. The Bertz CT molecular complexity index is 3220. The molecule has 65 heavy (non-hydrogen) atoms. The molecule has 0 atom stereocenters. The number of aryl methyl sites for hydroxylation is 2. The predicted octanol–water partition coefficient (Wildman–Crippen LogP) is 16.6. The lowest BCUT2D eigenvalue weighted by Gasteiger charge is -2.57. The fourth-order valence-corrected chi connectivity index (χ4v) is 15.3. The minimum absolute atomic E-state index is 0.207. The summed E-state index contributed by atoms with van der Waals surface area (Å²) >= 11 is 0. The highest BCUT2D eigenvalue weighted by Gasteiger charge is 2.53. The quantitative estimate of drug-likeness (QED) is 0.167. The second-order valence-electron chi connectivity index (χ2n) is 21.6. The predicted molar refractivity (Wildman–Crippen MR) is 270 cm³/mol. The van der Waals surface area contributed by atoms with E-state index < -0.39 is 5.41 Å². The maximum absolute atomic E-state index is 2.63. The van der Waals surface area contributed by atoms with Gasteiger partial charge in [0.1, 0.15) is 0 Å². The average Bonchev–Trinajstić information content (AvgIpc) is 3.86. The molecular weight excluding hydrogens is 783 g/mol. The number of fused-ring (bicyclic) bond motifs is 13. The summed E-state index contributed by atoms with van der Waals surface area (Å²) in [5.41, 5.74) is 26.4. The van der Waals surface area contributed by atoms with Crippen LogP contribution < -0.4 is 4.90 Å². The second kappa shape index (κ2) is 13.3. The minimum Gasteiger partial charge on any atom is -0.310 e. The molecule has 0 aromatic heterocycles. The van der Waals surface area contributed by atoms with Crippen molar-refractivity contribution in [1.82, 2.24) is 0 Å². The number of hydrogen-bond donors (Lipinski definition) is 0. The van der Waals surface area contributed by atoms with Crippen molar-refractivity contribution in [2.75, 3.05) is 4.90 Å². The van der Waals surface area contributed by atoms with E-state index in [-0.39, 0.29) is 5.41 Å². The zero-order chi connectivity index (χ0) is 43.4. The van der Waals surface area contributed by atoms with E-state index in [1.807, 2.05) is 0 Å². The molecule has 8 aromatic carbocycles. The molecule has 1 heteroatoms. The van der Waals surface area contributed by atoms with Crippen molar-refractivity contribution in [1.29, 1.82) is 0 Å². The number of rotatable bonds is 5. The van der Waals surface area contributed by atoms with Crippen LogP contribution in [0, 0.1) is 31.6 Å². The summed E-state index contributed by atoms with van der Waals surface area (Å²) in [7, 11) is 0. The van der Waals surface area contributed by atoms with Crippen LogP contribution in [0.4, 0.5) is 17.1 Å². The van der Waals surface area contributed by atoms with Crippen LogP contribution >= 0.6 is 0 Å². The first-order valence-electron chi connectivity index (χ1n) is 24.4. The molecule has 0 amide bonds.